The Balaban J connectivity index is 1.74. The molecule has 0 radical (unpaired) electrons. The second-order valence-corrected chi connectivity index (χ2v) is 7.84. The first kappa shape index (κ1) is 17.7. The number of fused-ring (bicyclic) bond motifs is 2. The maximum atomic E-state index is 12.8. The monoisotopic (exact) mass is 374 g/mol. The summed E-state index contributed by atoms with van der Waals surface area (Å²) in [5.41, 5.74) is 3.41. The lowest BCUT2D eigenvalue weighted by Gasteiger charge is -2.05. The van der Waals surface area contributed by atoms with Gasteiger partial charge >= 0.3 is 0 Å². The highest BCUT2D eigenvalue weighted by molar-refractivity contribution is 7.16. The molecule has 0 saturated carbocycles. The normalized spacial score (nSPS) is 12.1. The summed E-state index contributed by atoms with van der Waals surface area (Å²) in [7, 11) is 0. The minimum atomic E-state index is -0.0977. The summed E-state index contributed by atoms with van der Waals surface area (Å²) in [6, 6.07) is 20.7. The first-order valence-corrected chi connectivity index (χ1v) is 10.1. The van der Waals surface area contributed by atoms with Gasteiger partial charge in [-0.2, -0.15) is 4.99 Å². The van der Waals surface area contributed by atoms with E-state index in [1.54, 1.807) is 11.3 Å². The number of aryl methyl sites for hydroxylation is 2. The number of hydrogen-bond acceptors (Lipinski definition) is 2. The van der Waals surface area contributed by atoms with Crippen molar-refractivity contribution in [2.24, 2.45) is 4.99 Å². The van der Waals surface area contributed by atoms with Crippen molar-refractivity contribution >= 4 is 38.2 Å². The van der Waals surface area contributed by atoms with Crippen LogP contribution in [0.25, 0.3) is 21.0 Å². The summed E-state index contributed by atoms with van der Waals surface area (Å²) in [5, 5.41) is 2.28. The molecule has 3 aromatic carbocycles. The molecular formula is C23H22N2OS. The van der Waals surface area contributed by atoms with Gasteiger partial charge in [-0.15, -0.1) is 0 Å². The fraction of sp³-hybridized carbons (Fsp3) is 0.217. The number of carbonyl (C=O) groups excluding carboxylic acids is 1. The lowest BCUT2D eigenvalue weighted by atomic mass is 10.0. The van der Waals surface area contributed by atoms with E-state index in [1.807, 2.05) is 24.3 Å². The predicted octanol–water partition coefficient (Wildman–Crippen LogP) is 5.24. The smallest absolute Gasteiger partial charge is 0.252 e. The van der Waals surface area contributed by atoms with E-state index < -0.39 is 0 Å². The Morgan fingerprint density at radius 2 is 1.89 bits per heavy atom. The van der Waals surface area contributed by atoms with Crippen molar-refractivity contribution in [1.82, 2.24) is 4.57 Å². The third-order valence-corrected chi connectivity index (χ3v) is 5.77. The van der Waals surface area contributed by atoms with Gasteiger partial charge < -0.3 is 4.57 Å². The molecule has 4 heteroatoms. The number of rotatable bonds is 4. The minimum Gasteiger partial charge on any atom is -0.316 e. The molecule has 0 atom stereocenters. The quantitative estimate of drug-likeness (QED) is 0.481. The van der Waals surface area contributed by atoms with Gasteiger partial charge in [-0.1, -0.05) is 66.8 Å². The molecule has 4 rings (SSSR count). The van der Waals surface area contributed by atoms with Gasteiger partial charge in [-0.05, 0) is 47.4 Å². The average Bonchev–Trinajstić information content (AvgIpc) is 2.98. The number of carbonyl (C=O) groups is 1. The Labute approximate surface area is 162 Å². The number of hydrogen-bond donors (Lipinski definition) is 0. The maximum Gasteiger partial charge on any atom is 0.252 e. The van der Waals surface area contributed by atoms with Crippen molar-refractivity contribution in [3.63, 3.8) is 0 Å². The van der Waals surface area contributed by atoms with E-state index in [0.29, 0.717) is 6.42 Å². The summed E-state index contributed by atoms with van der Waals surface area (Å²) in [5.74, 6) is -0.0977. The van der Waals surface area contributed by atoms with Gasteiger partial charge in [0, 0.05) is 6.54 Å². The van der Waals surface area contributed by atoms with Crippen LogP contribution in [0.15, 0.2) is 65.7 Å². The van der Waals surface area contributed by atoms with Gasteiger partial charge in [0.15, 0.2) is 4.80 Å². The van der Waals surface area contributed by atoms with Gasteiger partial charge in [0.25, 0.3) is 5.91 Å². The van der Waals surface area contributed by atoms with Gasteiger partial charge in [0.1, 0.15) is 0 Å². The highest BCUT2D eigenvalue weighted by Crippen LogP contribution is 2.21. The van der Waals surface area contributed by atoms with Crippen LogP contribution in [0.2, 0.25) is 0 Å². The third-order valence-electron chi connectivity index (χ3n) is 4.73. The van der Waals surface area contributed by atoms with Gasteiger partial charge in [-0.25, -0.2) is 0 Å². The van der Waals surface area contributed by atoms with Crippen LogP contribution in [0, 0.1) is 6.92 Å². The highest BCUT2D eigenvalue weighted by atomic mass is 32.1. The molecule has 0 aliphatic heterocycles. The second kappa shape index (κ2) is 7.49. The Hall–Kier alpha value is -2.72. The number of amides is 1. The van der Waals surface area contributed by atoms with E-state index in [-0.39, 0.29) is 5.91 Å². The second-order valence-electron chi connectivity index (χ2n) is 6.83. The zero-order chi connectivity index (χ0) is 18.8. The molecule has 1 amide bonds. The molecule has 0 fully saturated rings. The summed E-state index contributed by atoms with van der Waals surface area (Å²) in [4.78, 5) is 18.0. The van der Waals surface area contributed by atoms with Crippen molar-refractivity contribution in [1.29, 1.82) is 0 Å². The molecule has 136 valence electrons. The molecular weight excluding hydrogens is 352 g/mol. The molecule has 27 heavy (non-hydrogen) atoms. The van der Waals surface area contributed by atoms with E-state index in [4.69, 9.17) is 0 Å². The number of nitrogens with zero attached hydrogens (tertiary/aromatic N) is 2. The zero-order valence-corrected chi connectivity index (χ0v) is 16.4. The van der Waals surface area contributed by atoms with E-state index in [0.717, 1.165) is 39.6 Å². The summed E-state index contributed by atoms with van der Waals surface area (Å²) in [6.07, 6.45) is 1.32. The van der Waals surface area contributed by atoms with Gasteiger partial charge in [-0.3, -0.25) is 4.79 Å². The van der Waals surface area contributed by atoms with Crippen molar-refractivity contribution in [3.8, 4) is 0 Å². The first-order valence-electron chi connectivity index (χ1n) is 9.30. The maximum absolute atomic E-state index is 12.8. The largest absolute Gasteiger partial charge is 0.316 e. The van der Waals surface area contributed by atoms with Crippen molar-refractivity contribution in [2.75, 3.05) is 0 Å². The molecule has 4 aromatic rings. The van der Waals surface area contributed by atoms with Gasteiger partial charge in [0.2, 0.25) is 0 Å². The Bertz CT molecular complexity index is 1190. The van der Waals surface area contributed by atoms with Crippen LogP contribution in [-0.2, 0) is 17.8 Å². The first-order chi connectivity index (χ1) is 13.2. The minimum absolute atomic E-state index is 0.0977. The number of aromatic nitrogens is 1. The van der Waals surface area contributed by atoms with E-state index in [9.17, 15) is 4.79 Å². The molecule has 3 nitrogen and oxygen atoms in total. The Morgan fingerprint density at radius 3 is 2.74 bits per heavy atom. The topological polar surface area (TPSA) is 34.4 Å². The number of thiazole rings is 1. The zero-order valence-electron chi connectivity index (χ0n) is 15.6. The van der Waals surface area contributed by atoms with E-state index in [1.165, 1.54) is 10.3 Å². The molecule has 0 aliphatic carbocycles. The molecule has 0 N–H and O–H groups in total. The van der Waals surface area contributed by atoms with Crippen molar-refractivity contribution in [2.45, 2.75) is 33.2 Å². The lowest BCUT2D eigenvalue weighted by Crippen LogP contribution is -2.17. The van der Waals surface area contributed by atoms with E-state index >= 15 is 0 Å². The lowest BCUT2D eigenvalue weighted by molar-refractivity contribution is -0.117. The molecule has 0 aliphatic rings. The number of benzene rings is 3. The fourth-order valence-electron chi connectivity index (χ4n) is 3.46. The average molecular weight is 375 g/mol. The van der Waals surface area contributed by atoms with Crippen molar-refractivity contribution in [3.05, 3.63) is 76.6 Å². The Morgan fingerprint density at radius 1 is 1.07 bits per heavy atom. The molecule has 0 spiro atoms. The van der Waals surface area contributed by atoms with Crippen LogP contribution >= 0.6 is 11.3 Å². The fourth-order valence-corrected chi connectivity index (χ4v) is 4.63. The molecule has 0 saturated heterocycles. The predicted molar refractivity (Wildman–Crippen MR) is 113 cm³/mol. The van der Waals surface area contributed by atoms with Crippen LogP contribution in [0.3, 0.4) is 0 Å². The molecule has 0 unspecified atom stereocenters. The van der Waals surface area contributed by atoms with Crippen LogP contribution in [0.4, 0.5) is 0 Å². The third kappa shape index (κ3) is 3.58. The van der Waals surface area contributed by atoms with Crippen molar-refractivity contribution < 1.29 is 4.79 Å². The summed E-state index contributed by atoms with van der Waals surface area (Å²) < 4.78 is 3.35. The van der Waals surface area contributed by atoms with Gasteiger partial charge in [0.05, 0.1) is 16.6 Å². The molecule has 0 bridgehead atoms. The Kier molecular flexibility index (Phi) is 4.90. The van der Waals surface area contributed by atoms with Crippen LogP contribution in [-0.4, -0.2) is 10.5 Å². The summed E-state index contributed by atoms with van der Waals surface area (Å²) >= 11 is 1.60. The standard InChI is InChI=1S/C23H22N2OS/c1-3-13-25-20-12-11-16(2)14-21(20)27-23(25)24-22(26)15-18-9-6-8-17-7-4-5-10-19(17)18/h4-12,14H,3,13,15H2,1-2H3. The molecule has 1 heterocycles. The highest BCUT2D eigenvalue weighted by Gasteiger charge is 2.09. The van der Waals surface area contributed by atoms with Crippen LogP contribution in [0.5, 0.6) is 0 Å². The van der Waals surface area contributed by atoms with E-state index in [2.05, 4.69) is 59.8 Å². The van der Waals surface area contributed by atoms with Crippen LogP contribution < -0.4 is 4.80 Å². The van der Waals surface area contributed by atoms with Crippen LogP contribution in [0.1, 0.15) is 24.5 Å². The summed E-state index contributed by atoms with van der Waals surface area (Å²) in [6.45, 7) is 5.10. The molecule has 1 aromatic heterocycles. The SMILES string of the molecule is CCCn1c(=NC(=O)Cc2cccc3ccccc23)sc2cc(C)ccc21.